The van der Waals surface area contributed by atoms with Gasteiger partial charge in [0.15, 0.2) is 5.82 Å². The number of carbonyl (C=O) groups excluding carboxylic acids is 1. The van der Waals surface area contributed by atoms with E-state index >= 15 is 0 Å². The second-order valence-electron chi connectivity index (χ2n) is 5.17. The highest BCUT2D eigenvalue weighted by Crippen LogP contribution is 2.18. The Kier molecular flexibility index (Phi) is 3.82. The summed E-state index contributed by atoms with van der Waals surface area (Å²) in [6.45, 7) is 4.03. The van der Waals surface area contributed by atoms with Gasteiger partial charge >= 0.3 is 0 Å². The van der Waals surface area contributed by atoms with Gasteiger partial charge < -0.3 is 5.32 Å². The van der Waals surface area contributed by atoms with Gasteiger partial charge in [0.2, 0.25) is 0 Å². The first-order chi connectivity index (χ1) is 10.7. The maximum Gasteiger partial charge on any atom is 0.255 e. The summed E-state index contributed by atoms with van der Waals surface area (Å²) in [6.07, 6.45) is 4.44. The minimum absolute atomic E-state index is 0.0614. The average Bonchev–Trinajstić information content (AvgIpc) is 2.99. The molecule has 2 aromatic heterocycles. The van der Waals surface area contributed by atoms with E-state index in [0.717, 1.165) is 12.0 Å². The fraction of sp³-hybridized carbons (Fsp3) is 0.250. The molecule has 3 rings (SSSR count). The molecule has 0 aliphatic heterocycles. The standard InChI is InChI=1S/C16H17N5O/c1-3-11(2)18-15(22)13-7-5-12(6-8-13)14-19-20-16-17-9-4-10-21(14)16/h4-11H,3H2,1-2H3,(H,18,22). The van der Waals surface area contributed by atoms with Gasteiger partial charge in [0.25, 0.3) is 11.7 Å². The van der Waals surface area contributed by atoms with Crippen LogP contribution in [0.1, 0.15) is 30.6 Å². The molecule has 1 aromatic carbocycles. The third kappa shape index (κ3) is 2.67. The average molecular weight is 295 g/mol. The summed E-state index contributed by atoms with van der Waals surface area (Å²) in [5.74, 6) is 1.20. The van der Waals surface area contributed by atoms with Crippen molar-refractivity contribution in [1.29, 1.82) is 0 Å². The van der Waals surface area contributed by atoms with Gasteiger partial charge in [-0.3, -0.25) is 9.20 Å². The van der Waals surface area contributed by atoms with Crippen molar-refractivity contribution in [2.45, 2.75) is 26.3 Å². The van der Waals surface area contributed by atoms with E-state index < -0.39 is 0 Å². The molecule has 1 unspecified atom stereocenters. The number of fused-ring (bicyclic) bond motifs is 1. The van der Waals surface area contributed by atoms with Crippen LogP contribution >= 0.6 is 0 Å². The predicted molar refractivity (Wildman–Crippen MR) is 83.4 cm³/mol. The van der Waals surface area contributed by atoms with Crippen LogP contribution in [0.25, 0.3) is 17.2 Å². The minimum Gasteiger partial charge on any atom is -0.350 e. The Morgan fingerprint density at radius 3 is 2.77 bits per heavy atom. The van der Waals surface area contributed by atoms with Crippen molar-refractivity contribution < 1.29 is 4.79 Å². The molecule has 0 spiro atoms. The summed E-state index contributed by atoms with van der Waals surface area (Å²) in [4.78, 5) is 16.2. The maximum absolute atomic E-state index is 12.1. The fourth-order valence-electron chi connectivity index (χ4n) is 2.12. The lowest BCUT2D eigenvalue weighted by Gasteiger charge is -2.11. The van der Waals surface area contributed by atoms with Crippen molar-refractivity contribution in [2.75, 3.05) is 0 Å². The van der Waals surface area contributed by atoms with Crippen LogP contribution in [0, 0.1) is 0 Å². The summed E-state index contributed by atoms with van der Waals surface area (Å²) >= 11 is 0. The van der Waals surface area contributed by atoms with Crippen molar-refractivity contribution in [2.24, 2.45) is 0 Å². The molecule has 1 atom stereocenters. The monoisotopic (exact) mass is 295 g/mol. The van der Waals surface area contributed by atoms with Gasteiger partial charge in [0, 0.05) is 29.6 Å². The molecule has 0 bridgehead atoms. The first-order valence-corrected chi connectivity index (χ1v) is 7.26. The predicted octanol–water partition coefficient (Wildman–Crippen LogP) is 2.32. The first-order valence-electron chi connectivity index (χ1n) is 7.26. The van der Waals surface area contributed by atoms with Gasteiger partial charge in [0.05, 0.1) is 0 Å². The van der Waals surface area contributed by atoms with E-state index in [1.54, 1.807) is 18.3 Å². The number of carbonyl (C=O) groups is 1. The van der Waals surface area contributed by atoms with Crippen LogP contribution in [0.2, 0.25) is 0 Å². The van der Waals surface area contributed by atoms with Crippen molar-refractivity contribution >= 4 is 11.7 Å². The topological polar surface area (TPSA) is 72.2 Å². The minimum atomic E-state index is -0.0614. The van der Waals surface area contributed by atoms with Crippen molar-refractivity contribution in [3.8, 4) is 11.4 Å². The number of hydrogen-bond donors (Lipinski definition) is 1. The number of rotatable bonds is 4. The number of nitrogens with zero attached hydrogens (tertiary/aromatic N) is 4. The largest absolute Gasteiger partial charge is 0.350 e. The molecule has 1 N–H and O–H groups in total. The fourth-order valence-corrected chi connectivity index (χ4v) is 2.12. The zero-order valence-electron chi connectivity index (χ0n) is 12.5. The quantitative estimate of drug-likeness (QED) is 0.801. The first kappa shape index (κ1) is 14.2. The molecule has 22 heavy (non-hydrogen) atoms. The normalized spacial score (nSPS) is 12.3. The van der Waals surface area contributed by atoms with E-state index in [1.165, 1.54) is 0 Å². The van der Waals surface area contributed by atoms with Gasteiger partial charge in [-0.2, -0.15) is 0 Å². The van der Waals surface area contributed by atoms with E-state index in [9.17, 15) is 4.79 Å². The lowest BCUT2D eigenvalue weighted by Crippen LogP contribution is -2.31. The van der Waals surface area contributed by atoms with Crippen LogP contribution in [-0.2, 0) is 0 Å². The summed E-state index contributed by atoms with van der Waals surface area (Å²) in [7, 11) is 0. The van der Waals surface area contributed by atoms with Crippen LogP contribution in [0.5, 0.6) is 0 Å². The van der Waals surface area contributed by atoms with Crippen molar-refractivity contribution in [1.82, 2.24) is 24.9 Å². The Morgan fingerprint density at radius 1 is 1.27 bits per heavy atom. The maximum atomic E-state index is 12.1. The Bertz CT molecular complexity index is 794. The van der Waals surface area contributed by atoms with Gasteiger partial charge in [0.1, 0.15) is 0 Å². The number of hydrogen-bond acceptors (Lipinski definition) is 4. The second kappa shape index (κ2) is 5.93. The molecule has 2 heterocycles. The number of aromatic nitrogens is 4. The molecule has 6 nitrogen and oxygen atoms in total. The van der Waals surface area contributed by atoms with Crippen LogP contribution in [0.3, 0.4) is 0 Å². The van der Waals surface area contributed by atoms with E-state index in [2.05, 4.69) is 20.5 Å². The second-order valence-corrected chi connectivity index (χ2v) is 5.17. The SMILES string of the molecule is CCC(C)NC(=O)c1ccc(-c2nnc3ncccn23)cc1. The van der Waals surface area contributed by atoms with Gasteiger partial charge in [-0.15, -0.1) is 10.2 Å². The summed E-state index contributed by atoms with van der Waals surface area (Å²) in [5, 5.41) is 11.1. The highest BCUT2D eigenvalue weighted by Gasteiger charge is 2.11. The molecule has 0 fully saturated rings. The zero-order chi connectivity index (χ0) is 15.5. The number of nitrogens with one attached hydrogen (secondary N) is 1. The Balaban J connectivity index is 1.87. The number of benzene rings is 1. The third-order valence-electron chi connectivity index (χ3n) is 3.58. The molecule has 6 heteroatoms. The van der Waals surface area contributed by atoms with E-state index in [-0.39, 0.29) is 11.9 Å². The Morgan fingerprint density at radius 2 is 2.05 bits per heavy atom. The number of amides is 1. The molecule has 3 aromatic rings. The van der Waals surface area contributed by atoms with Gasteiger partial charge in [-0.1, -0.05) is 19.1 Å². The van der Waals surface area contributed by atoms with Crippen molar-refractivity contribution in [3.05, 3.63) is 48.3 Å². The molecular weight excluding hydrogens is 278 g/mol. The third-order valence-corrected chi connectivity index (χ3v) is 3.58. The molecule has 0 saturated carbocycles. The summed E-state index contributed by atoms with van der Waals surface area (Å²) < 4.78 is 1.81. The lowest BCUT2D eigenvalue weighted by atomic mass is 10.1. The Hall–Kier alpha value is -2.76. The Labute approximate surface area is 128 Å². The van der Waals surface area contributed by atoms with Gasteiger partial charge in [-0.05, 0) is 31.5 Å². The lowest BCUT2D eigenvalue weighted by molar-refractivity contribution is 0.0939. The molecule has 0 aliphatic rings. The summed E-state index contributed by atoms with van der Waals surface area (Å²) in [6, 6.07) is 9.32. The smallest absolute Gasteiger partial charge is 0.255 e. The molecule has 0 aliphatic carbocycles. The van der Waals surface area contributed by atoms with E-state index in [0.29, 0.717) is 17.2 Å². The van der Waals surface area contributed by atoms with Crippen LogP contribution < -0.4 is 5.32 Å². The molecule has 0 radical (unpaired) electrons. The van der Waals surface area contributed by atoms with E-state index in [4.69, 9.17) is 0 Å². The van der Waals surface area contributed by atoms with Gasteiger partial charge in [-0.25, -0.2) is 4.98 Å². The summed E-state index contributed by atoms with van der Waals surface area (Å²) in [5.41, 5.74) is 1.52. The van der Waals surface area contributed by atoms with Crippen LogP contribution in [0.4, 0.5) is 0 Å². The van der Waals surface area contributed by atoms with Crippen molar-refractivity contribution in [3.63, 3.8) is 0 Å². The highest BCUT2D eigenvalue weighted by molar-refractivity contribution is 5.94. The molecule has 1 amide bonds. The molecular formula is C16H17N5O. The molecule has 112 valence electrons. The molecule has 0 saturated heterocycles. The highest BCUT2D eigenvalue weighted by atomic mass is 16.1. The zero-order valence-corrected chi connectivity index (χ0v) is 12.5. The van der Waals surface area contributed by atoms with E-state index in [1.807, 2.05) is 42.6 Å². The van der Waals surface area contributed by atoms with Crippen LogP contribution in [0.15, 0.2) is 42.7 Å². The van der Waals surface area contributed by atoms with Crippen LogP contribution in [-0.4, -0.2) is 31.5 Å².